The molecule has 0 fully saturated rings. The van der Waals surface area contributed by atoms with Gasteiger partial charge in [-0.25, -0.2) is 0 Å². The molecular formula is C14H17N3O3. The second kappa shape index (κ2) is 5.42. The summed E-state index contributed by atoms with van der Waals surface area (Å²) in [4.78, 5) is 36.6. The van der Waals surface area contributed by atoms with E-state index in [1.807, 2.05) is 6.92 Å². The van der Waals surface area contributed by atoms with Crippen LogP contribution < -0.4 is 10.6 Å². The Morgan fingerprint density at radius 2 is 1.90 bits per heavy atom. The van der Waals surface area contributed by atoms with Crippen LogP contribution in [0.15, 0.2) is 18.2 Å². The quantitative estimate of drug-likeness (QED) is 0.793. The lowest BCUT2D eigenvalue weighted by Crippen LogP contribution is -2.28. The number of hydrogen-bond acceptors (Lipinski definition) is 4. The lowest BCUT2D eigenvalue weighted by Gasteiger charge is -2.11. The number of imide groups is 1. The molecular weight excluding hydrogens is 258 g/mol. The number of benzene rings is 1. The summed E-state index contributed by atoms with van der Waals surface area (Å²) in [6.07, 6.45) is 0. The molecule has 106 valence electrons. The van der Waals surface area contributed by atoms with Crippen LogP contribution in [0.3, 0.4) is 0 Å². The van der Waals surface area contributed by atoms with Gasteiger partial charge in [0.25, 0.3) is 11.8 Å². The molecule has 3 amide bonds. The topological polar surface area (TPSA) is 78.5 Å². The van der Waals surface area contributed by atoms with Crippen molar-refractivity contribution in [3.8, 4) is 0 Å². The Labute approximate surface area is 117 Å². The molecule has 6 heteroatoms. The van der Waals surface area contributed by atoms with Crippen molar-refractivity contribution in [1.29, 1.82) is 0 Å². The highest BCUT2D eigenvalue weighted by Crippen LogP contribution is 2.24. The number of nitrogens with one attached hydrogen (secondary N) is 2. The Balaban J connectivity index is 2.19. The predicted molar refractivity (Wildman–Crippen MR) is 74.6 cm³/mol. The first kappa shape index (κ1) is 14.2. The number of carbonyl (C=O) groups excluding carboxylic acids is 3. The van der Waals surface area contributed by atoms with Gasteiger partial charge in [-0.15, -0.1) is 0 Å². The molecule has 0 spiro atoms. The van der Waals surface area contributed by atoms with Crippen molar-refractivity contribution < 1.29 is 14.4 Å². The second-order valence-corrected chi connectivity index (χ2v) is 4.88. The van der Waals surface area contributed by atoms with Crippen molar-refractivity contribution in [2.45, 2.75) is 6.92 Å². The van der Waals surface area contributed by atoms with E-state index in [4.69, 9.17) is 0 Å². The summed E-state index contributed by atoms with van der Waals surface area (Å²) in [5.41, 5.74) is 1.23. The summed E-state index contributed by atoms with van der Waals surface area (Å²) < 4.78 is 0. The molecule has 1 aliphatic heterocycles. The molecule has 2 rings (SSSR count). The van der Waals surface area contributed by atoms with Gasteiger partial charge in [0.15, 0.2) is 0 Å². The molecule has 0 saturated carbocycles. The number of amides is 3. The summed E-state index contributed by atoms with van der Waals surface area (Å²) in [5, 5.41) is 5.67. The molecule has 0 radical (unpaired) electrons. The van der Waals surface area contributed by atoms with Gasteiger partial charge in [-0.1, -0.05) is 6.92 Å². The summed E-state index contributed by atoms with van der Waals surface area (Å²) in [6, 6.07) is 4.74. The molecule has 1 unspecified atom stereocenters. The van der Waals surface area contributed by atoms with Gasteiger partial charge in [-0.2, -0.15) is 0 Å². The van der Waals surface area contributed by atoms with Crippen LogP contribution >= 0.6 is 0 Å². The van der Waals surface area contributed by atoms with E-state index in [9.17, 15) is 14.4 Å². The van der Waals surface area contributed by atoms with E-state index < -0.39 is 0 Å². The molecule has 1 aliphatic rings. The minimum absolute atomic E-state index is 0.135. The summed E-state index contributed by atoms with van der Waals surface area (Å²) in [5.74, 6) is -0.978. The van der Waals surface area contributed by atoms with Gasteiger partial charge in [0, 0.05) is 25.2 Å². The summed E-state index contributed by atoms with van der Waals surface area (Å²) in [7, 11) is 3.22. The average Bonchev–Trinajstić information content (AvgIpc) is 2.64. The van der Waals surface area contributed by atoms with Crippen LogP contribution in [0.1, 0.15) is 27.6 Å². The lowest BCUT2D eigenvalue weighted by atomic mass is 10.1. The van der Waals surface area contributed by atoms with Crippen molar-refractivity contribution >= 4 is 23.4 Å². The fourth-order valence-electron chi connectivity index (χ4n) is 2.10. The molecule has 20 heavy (non-hydrogen) atoms. The number of nitrogens with zero attached hydrogens (tertiary/aromatic N) is 1. The van der Waals surface area contributed by atoms with Crippen molar-refractivity contribution in [2.75, 3.05) is 26.0 Å². The number of hydrogen-bond donors (Lipinski definition) is 2. The molecule has 0 aromatic heterocycles. The van der Waals surface area contributed by atoms with Gasteiger partial charge >= 0.3 is 0 Å². The molecule has 0 aliphatic carbocycles. The Bertz CT molecular complexity index is 583. The van der Waals surface area contributed by atoms with E-state index in [0.29, 0.717) is 23.4 Å². The fourth-order valence-corrected chi connectivity index (χ4v) is 2.10. The van der Waals surface area contributed by atoms with Crippen LogP contribution in [0.2, 0.25) is 0 Å². The van der Waals surface area contributed by atoms with E-state index in [1.165, 1.54) is 7.05 Å². The van der Waals surface area contributed by atoms with E-state index in [1.54, 1.807) is 25.2 Å². The predicted octanol–water partition coefficient (Wildman–Crippen LogP) is 0.706. The Morgan fingerprint density at radius 1 is 1.25 bits per heavy atom. The van der Waals surface area contributed by atoms with Gasteiger partial charge in [0.05, 0.1) is 11.1 Å². The first-order chi connectivity index (χ1) is 9.45. The van der Waals surface area contributed by atoms with E-state index in [2.05, 4.69) is 10.6 Å². The van der Waals surface area contributed by atoms with Gasteiger partial charge in [-0.3, -0.25) is 19.3 Å². The fraction of sp³-hybridized carbons (Fsp3) is 0.357. The van der Waals surface area contributed by atoms with Gasteiger partial charge < -0.3 is 10.6 Å². The van der Waals surface area contributed by atoms with E-state index >= 15 is 0 Å². The minimum Gasteiger partial charge on any atom is -0.326 e. The van der Waals surface area contributed by atoms with Crippen molar-refractivity contribution in [3.63, 3.8) is 0 Å². The highest BCUT2D eigenvalue weighted by atomic mass is 16.2. The van der Waals surface area contributed by atoms with Gasteiger partial charge in [0.2, 0.25) is 5.91 Å². The van der Waals surface area contributed by atoms with Crippen LogP contribution in [0, 0.1) is 5.92 Å². The first-order valence-electron chi connectivity index (χ1n) is 6.37. The maximum atomic E-state index is 11.9. The van der Waals surface area contributed by atoms with Gasteiger partial charge in [0.1, 0.15) is 0 Å². The zero-order valence-corrected chi connectivity index (χ0v) is 11.7. The third-order valence-electron chi connectivity index (χ3n) is 3.32. The van der Waals surface area contributed by atoms with Crippen LogP contribution in [0.4, 0.5) is 5.69 Å². The smallest absolute Gasteiger partial charge is 0.261 e. The normalized spacial score (nSPS) is 15.2. The molecule has 1 atom stereocenters. The van der Waals surface area contributed by atoms with E-state index in [0.717, 1.165) is 4.90 Å². The number of anilines is 1. The first-order valence-corrected chi connectivity index (χ1v) is 6.37. The lowest BCUT2D eigenvalue weighted by molar-refractivity contribution is -0.119. The SMILES string of the molecule is CNCC(C)C(=O)Nc1ccc2c(c1)C(=O)N(C)C2=O. The number of rotatable bonds is 4. The third-order valence-corrected chi connectivity index (χ3v) is 3.32. The molecule has 2 N–H and O–H groups in total. The number of fused-ring (bicyclic) bond motifs is 1. The zero-order valence-electron chi connectivity index (χ0n) is 11.7. The second-order valence-electron chi connectivity index (χ2n) is 4.88. The summed E-state index contributed by atoms with van der Waals surface area (Å²) in [6.45, 7) is 2.37. The van der Waals surface area contributed by atoms with Crippen LogP contribution in [-0.4, -0.2) is 43.3 Å². The molecule has 1 heterocycles. The highest BCUT2D eigenvalue weighted by molar-refractivity contribution is 6.21. The van der Waals surface area contributed by atoms with E-state index in [-0.39, 0.29) is 23.6 Å². The maximum absolute atomic E-state index is 11.9. The molecule has 1 aromatic rings. The van der Waals surface area contributed by atoms with Crippen LogP contribution in [0.25, 0.3) is 0 Å². The Kier molecular flexibility index (Phi) is 3.85. The highest BCUT2D eigenvalue weighted by Gasteiger charge is 2.32. The molecule has 0 saturated heterocycles. The third kappa shape index (κ3) is 2.42. The standard InChI is InChI=1S/C14H17N3O3/c1-8(7-15-2)12(18)16-9-4-5-10-11(6-9)14(20)17(3)13(10)19/h4-6,8,15H,7H2,1-3H3,(H,16,18). The minimum atomic E-state index is -0.343. The van der Waals surface area contributed by atoms with Crippen molar-refractivity contribution in [2.24, 2.45) is 5.92 Å². The van der Waals surface area contributed by atoms with Gasteiger partial charge in [-0.05, 0) is 25.2 Å². The zero-order chi connectivity index (χ0) is 14.9. The van der Waals surface area contributed by atoms with Crippen LogP contribution in [0.5, 0.6) is 0 Å². The molecule has 1 aromatic carbocycles. The molecule has 0 bridgehead atoms. The summed E-state index contributed by atoms with van der Waals surface area (Å²) >= 11 is 0. The molecule has 6 nitrogen and oxygen atoms in total. The van der Waals surface area contributed by atoms with Crippen molar-refractivity contribution in [1.82, 2.24) is 10.2 Å². The largest absolute Gasteiger partial charge is 0.326 e. The average molecular weight is 275 g/mol. The Hall–Kier alpha value is -2.21. The monoisotopic (exact) mass is 275 g/mol. The Morgan fingerprint density at radius 3 is 2.55 bits per heavy atom. The van der Waals surface area contributed by atoms with Crippen LogP contribution in [-0.2, 0) is 4.79 Å². The maximum Gasteiger partial charge on any atom is 0.261 e. The van der Waals surface area contributed by atoms with Crippen molar-refractivity contribution in [3.05, 3.63) is 29.3 Å². The number of carbonyl (C=O) groups is 3.